The fourth-order valence-electron chi connectivity index (χ4n) is 3.23. The van der Waals surface area contributed by atoms with Gasteiger partial charge in [-0.25, -0.2) is 0 Å². The van der Waals surface area contributed by atoms with Gasteiger partial charge in [0, 0.05) is 28.8 Å². The van der Waals surface area contributed by atoms with Crippen LogP contribution in [0, 0.1) is 5.92 Å². The van der Waals surface area contributed by atoms with Gasteiger partial charge in [-0.15, -0.1) is 10.2 Å². The van der Waals surface area contributed by atoms with Crippen LogP contribution in [-0.2, 0) is 4.79 Å². The van der Waals surface area contributed by atoms with Gasteiger partial charge in [0.1, 0.15) is 5.82 Å². The van der Waals surface area contributed by atoms with E-state index in [0.29, 0.717) is 17.2 Å². The predicted octanol–water partition coefficient (Wildman–Crippen LogP) is 5.10. The zero-order valence-electron chi connectivity index (χ0n) is 17.9. The van der Waals surface area contributed by atoms with Crippen molar-refractivity contribution in [2.24, 2.45) is 5.92 Å². The van der Waals surface area contributed by atoms with E-state index in [-0.39, 0.29) is 22.9 Å². The summed E-state index contributed by atoms with van der Waals surface area (Å²) in [6, 6.07) is 17.1. The average molecular weight is 435 g/mol. The minimum absolute atomic E-state index is 0.0160. The first-order chi connectivity index (χ1) is 14.9. The molecule has 0 spiro atoms. The molecule has 1 aromatic heterocycles. The number of nitrogens with one attached hydrogen (secondary N) is 1. The lowest BCUT2D eigenvalue weighted by Gasteiger charge is -2.13. The zero-order valence-corrected chi connectivity index (χ0v) is 18.7. The van der Waals surface area contributed by atoms with Crippen LogP contribution in [-0.4, -0.2) is 31.7 Å². The molecule has 2 aromatic carbocycles. The molecule has 1 amide bonds. The number of hydrogen-bond acceptors (Lipinski definition) is 5. The van der Waals surface area contributed by atoms with Gasteiger partial charge in [-0.05, 0) is 56.2 Å². The quantitative estimate of drug-likeness (QED) is 0.394. The van der Waals surface area contributed by atoms with E-state index in [1.54, 1.807) is 24.3 Å². The first kappa shape index (κ1) is 21.3. The maximum Gasteiger partial charge on any atom is 0.226 e. The van der Waals surface area contributed by atoms with Crippen molar-refractivity contribution in [1.29, 1.82) is 0 Å². The molecule has 1 aliphatic carbocycles. The van der Waals surface area contributed by atoms with E-state index in [2.05, 4.69) is 20.1 Å². The molecule has 4 rings (SSSR count). The molecule has 1 aliphatic rings. The van der Waals surface area contributed by atoms with Gasteiger partial charge in [0.15, 0.2) is 10.9 Å². The smallest absolute Gasteiger partial charge is 0.226 e. The molecule has 0 radical (unpaired) electrons. The number of amides is 1. The van der Waals surface area contributed by atoms with Crippen molar-refractivity contribution in [1.82, 2.24) is 14.8 Å². The Labute approximate surface area is 186 Å². The number of aromatic nitrogens is 3. The number of Topliss-reactive ketones (excluding diaryl/α,β-unsaturated/α-hetero) is 1. The van der Waals surface area contributed by atoms with Crippen LogP contribution >= 0.6 is 11.8 Å². The molecule has 1 saturated carbocycles. The zero-order chi connectivity index (χ0) is 22.0. The standard InChI is InChI=1S/C24H26N4O2S/c1-15(2)23(30)25-19-13-11-17(12-14-19)21(29)16(3)31-24-27-26-22(18-9-10-18)28(24)20-7-5-4-6-8-20/h4-8,11-16,18H,9-10H2,1-3H3,(H,25,30). The number of benzene rings is 2. The summed E-state index contributed by atoms with van der Waals surface area (Å²) >= 11 is 1.42. The Balaban J connectivity index is 1.50. The summed E-state index contributed by atoms with van der Waals surface area (Å²) in [5, 5.41) is 12.1. The second-order valence-electron chi connectivity index (χ2n) is 8.13. The SMILES string of the molecule is CC(C)C(=O)Nc1ccc(C(=O)C(C)Sc2nnc(C3CC3)n2-c2ccccc2)cc1. The first-order valence-corrected chi connectivity index (χ1v) is 11.4. The highest BCUT2D eigenvalue weighted by Crippen LogP contribution is 2.41. The number of hydrogen-bond donors (Lipinski definition) is 1. The molecule has 160 valence electrons. The Morgan fingerprint density at radius 1 is 1.00 bits per heavy atom. The normalized spacial score (nSPS) is 14.5. The Kier molecular flexibility index (Phi) is 6.23. The molecule has 31 heavy (non-hydrogen) atoms. The summed E-state index contributed by atoms with van der Waals surface area (Å²) in [7, 11) is 0. The van der Waals surface area contributed by atoms with Gasteiger partial charge in [0.05, 0.1) is 5.25 Å². The highest BCUT2D eigenvalue weighted by Gasteiger charge is 2.32. The molecule has 7 heteroatoms. The molecule has 1 fully saturated rings. The average Bonchev–Trinajstić information content (AvgIpc) is 3.54. The summed E-state index contributed by atoms with van der Waals surface area (Å²) in [5.41, 5.74) is 2.31. The van der Waals surface area contributed by atoms with Gasteiger partial charge in [0.2, 0.25) is 5.91 Å². The van der Waals surface area contributed by atoms with E-state index in [9.17, 15) is 9.59 Å². The highest BCUT2D eigenvalue weighted by molar-refractivity contribution is 8.00. The van der Waals surface area contributed by atoms with Crippen LogP contribution in [0.15, 0.2) is 59.8 Å². The number of para-hydroxylation sites is 1. The molecule has 6 nitrogen and oxygen atoms in total. The summed E-state index contributed by atoms with van der Waals surface area (Å²) in [4.78, 5) is 24.9. The second-order valence-corrected chi connectivity index (χ2v) is 9.44. The Morgan fingerprint density at radius 3 is 2.29 bits per heavy atom. The van der Waals surface area contributed by atoms with Crippen LogP contribution in [0.1, 0.15) is 55.7 Å². The van der Waals surface area contributed by atoms with Gasteiger partial charge >= 0.3 is 0 Å². The molecule has 1 atom stereocenters. The molecule has 3 aromatic rings. The van der Waals surface area contributed by atoms with Crippen molar-refractivity contribution in [3.8, 4) is 5.69 Å². The summed E-state index contributed by atoms with van der Waals surface area (Å²) in [6.07, 6.45) is 2.26. The Hall–Kier alpha value is -2.93. The minimum Gasteiger partial charge on any atom is -0.326 e. The van der Waals surface area contributed by atoms with Gasteiger partial charge in [-0.2, -0.15) is 0 Å². The Bertz CT molecular complexity index is 1070. The third-order valence-electron chi connectivity index (χ3n) is 5.23. The van der Waals surface area contributed by atoms with Crippen molar-refractivity contribution in [3.05, 3.63) is 66.0 Å². The predicted molar refractivity (Wildman–Crippen MR) is 123 cm³/mol. The van der Waals surface area contributed by atoms with Crippen LogP contribution in [0.25, 0.3) is 5.69 Å². The molecular weight excluding hydrogens is 408 g/mol. The van der Waals surface area contributed by atoms with Crippen molar-refractivity contribution >= 4 is 29.1 Å². The number of nitrogens with zero attached hydrogens (tertiary/aromatic N) is 3. The molecular formula is C24H26N4O2S. The fourth-order valence-corrected chi connectivity index (χ4v) is 4.19. The van der Waals surface area contributed by atoms with Crippen molar-refractivity contribution in [2.75, 3.05) is 5.32 Å². The summed E-state index contributed by atoms with van der Waals surface area (Å²) in [6.45, 7) is 5.58. The van der Waals surface area contributed by atoms with Crippen molar-refractivity contribution < 1.29 is 9.59 Å². The van der Waals surface area contributed by atoms with Gasteiger partial charge in [-0.1, -0.05) is 43.8 Å². The van der Waals surface area contributed by atoms with Crippen LogP contribution in [0.5, 0.6) is 0 Å². The van der Waals surface area contributed by atoms with Gasteiger partial charge in [0.25, 0.3) is 0 Å². The van der Waals surface area contributed by atoms with Crippen LogP contribution in [0.4, 0.5) is 5.69 Å². The topological polar surface area (TPSA) is 76.9 Å². The van der Waals surface area contributed by atoms with Gasteiger partial charge < -0.3 is 5.32 Å². The van der Waals surface area contributed by atoms with Crippen molar-refractivity contribution in [3.63, 3.8) is 0 Å². The minimum atomic E-state index is -0.324. The molecule has 1 N–H and O–H groups in total. The number of anilines is 1. The number of carbonyl (C=O) groups is 2. The van der Waals surface area contributed by atoms with E-state index >= 15 is 0 Å². The third kappa shape index (κ3) is 4.88. The first-order valence-electron chi connectivity index (χ1n) is 10.6. The molecule has 0 saturated heterocycles. The van der Waals surface area contributed by atoms with E-state index in [4.69, 9.17) is 0 Å². The maximum atomic E-state index is 13.0. The van der Waals surface area contributed by atoms with Crippen LogP contribution < -0.4 is 5.32 Å². The largest absolute Gasteiger partial charge is 0.326 e. The van der Waals surface area contributed by atoms with Crippen LogP contribution in [0.3, 0.4) is 0 Å². The Morgan fingerprint density at radius 2 is 1.68 bits per heavy atom. The maximum absolute atomic E-state index is 13.0. The van der Waals surface area contributed by atoms with E-state index in [1.165, 1.54) is 11.8 Å². The second kappa shape index (κ2) is 9.06. The number of thioether (sulfide) groups is 1. The lowest BCUT2D eigenvalue weighted by Crippen LogP contribution is -2.18. The van der Waals surface area contributed by atoms with E-state index < -0.39 is 0 Å². The summed E-state index contributed by atoms with van der Waals surface area (Å²) in [5.74, 6) is 1.29. The number of rotatable bonds is 8. The lowest BCUT2D eigenvalue weighted by atomic mass is 10.1. The number of carbonyl (C=O) groups excluding carboxylic acids is 2. The third-order valence-corrected chi connectivity index (χ3v) is 6.27. The van der Waals surface area contributed by atoms with Crippen LogP contribution in [0.2, 0.25) is 0 Å². The fraction of sp³-hybridized carbons (Fsp3) is 0.333. The van der Waals surface area contributed by atoms with Gasteiger partial charge in [-0.3, -0.25) is 14.2 Å². The molecule has 0 aliphatic heterocycles. The highest BCUT2D eigenvalue weighted by atomic mass is 32.2. The lowest BCUT2D eigenvalue weighted by molar-refractivity contribution is -0.118. The summed E-state index contributed by atoms with van der Waals surface area (Å²) < 4.78 is 2.08. The number of ketones is 1. The molecule has 1 unspecified atom stereocenters. The molecule has 0 bridgehead atoms. The monoisotopic (exact) mass is 434 g/mol. The van der Waals surface area contributed by atoms with E-state index in [1.807, 2.05) is 51.1 Å². The van der Waals surface area contributed by atoms with Crippen molar-refractivity contribution in [2.45, 2.75) is 49.9 Å². The molecule has 1 heterocycles. The van der Waals surface area contributed by atoms with E-state index in [0.717, 1.165) is 29.5 Å².